The maximum atomic E-state index is 11.6. The molecule has 0 fully saturated rings. The highest BCUT2D eigenvalue weighted by Gasteiger charge is 2.16. The second-order valence-electron chi connectivity index (χ2n) is 7.13. The largest absolute Gasteiger partial charge is 0.493 e. The Labute approximate surface area is 196 Å². The highest BCUT2D eigenvalue weighted by atomic mass is 127. The van der Waals surface area contributed by atoms with Crippen LogP contribution < -0.4 is 30.2 Å². The van der Waals surface area contributed by atoms with Gasteiger partial charge in [-0.15, -0.1) is 24.0 Å². The first-order valence-corrected chi connectivity index (χ1v) is 9.45. The fraction of sp³-hybridized carbons (Fsp3) is 0.600. The summed E-state index contributed by atoms with van der Waals surface area (Å²) >= 11 is 0. The van der Waals surface area contributed by atoms with Crippen LogP contribution in [0, 0.1) is 0 Å². The summed E-state index contributed by atoms with van der Waals surface area (Å²) in [5.41, 5.74) is 0.402. The van der Waals surface area contributed by atoms with Gasteiger partial charge in [0, 0.05) is 32.2 Å². The quantitative estimate of drug-likeness (QED) is 0.192. The molecule has 0 saturated carbocycles. The summed E-state index contributed by atoms with van der Waals surface area (Å²) in [5, 5.41) is 9.15. The molecule has 0 aliphatic heterocycles. The molecule has 0 aliphatic rings. The van der Waals surface area contributed by atoms with Crippen LogP contribution in [0.15, 0.2) is 17.1 Å². The van der Waals surface area contributed by atoms with Crippen molar-refractivity contribution in [3.63, 3.8) is 0 Å². The van der Waals surface area contributed by atoms with Gasteiger partial charge in [0.15, 0.2) is 17.5 Å². The van der Waals surface area contributed by atoms with Crippen LogP contribution in [0.4, 0.5) is 4.79 Å². The Hall–Kier alpha value is -2.11. The standard InChI is InChI=1S/C20H34N4O5.HI/c1-20(2,3)29-19(25)23-12-8-11-22-18(21-4)24-13-14-9-10-15(26-5)17(28-7)16(14)27-6;/h9-10H,8,11-13H2,1-7H3,(H,23,25)(H2,21,22,24);1H. The second-order valence-corrected chi connectivity index (χ2v) is 7.13. The number of ether oxygens (including phenoxy) is 4. The molecule has 172 valence electrons. The molecule has 0 unspecified atom stereocenters. The summed E-state index contributed by atoms with van der Waals surface area (Å²) in [6.45, 7) is 7.12. The van der Waals surface area contributed by atoms with E-state index in [1.54, 1.807) is 28.4 Å². The molecule has 0 bridgehead atoms. The topological polar surface area (TPSA) is 102 Å². The number of rotatable bonds is 9. The van der Waals surface area contributed by atoms with Crippen molar-refractivity contribution in [3.8, 4) is 17.2 Å². The Kier molecular flexibility index (Phi) is 13.0. The number of nitrogens with one attached hydrogen (secondary N) is 3. The molecule has 0 saturated heterocycles. The predicted molar refractivity (Wildman–Crippen MR) is 129 cm³/mol. The van der Waals surface area contributed by atoms with Gasteiger partial charge in [0.1, 0.15) is 5.60 Å². The van der Waals surface area contributed by atoms with E-state index < -0.39 is 11.7 Å². The van der Waals surface area contributed by atoms with Crippen LogP contribution in [-0.4, -0.2) is 59.1 Å². The summed E-state index contributed by atoms with van der Waals surface area (Å²) in [7, 11) is 6.44. The molecule has 10 heteroatoms. The van der Waals surface area contributed by atoms with E-state index in [-0.39, 0.29) is 24.0 Å². The maximum absolute atomic E-state index is 11.6. The molecule has 1 aromatic carbocycles. The zero-order chi connectivity index (χ0) is 21.9. The fourth-order valence-electron chi connectivity index (χ4n) is 2.50. The first kappa shape index (κ1) is 27.9. The molecule has 9 nitrogen and oxygen atoms in total. The summed E-state index contributed by atoms with van der Waals surface area (Å²) in [5.74, 6) is 2.40. The third kappa shape index (κ3) is 9.59. The SMILES string of the molecule is CN=C(NCCCNC(=O)OC(C)(C)C)NCc1ccc(OC)c(OC)c1OC.I. The fourth-order valence-corrected chi connectivity index (χ4v) is 2.50. The molecule has 3 N–H and O–H groups in total. The number of halogens is 1. The molecular weight excluding hydrogens is 503 g/mol. The van der Waals surface area contributed by atoms with E-state index in [1.807, 2.05) is 32.9 Å². The van der Waals surface area contributed by atoms with Crippen molar-refractivity contribution in [1.29, 1.82) is 0 Å². The average molecular weight is 538 g/mol. The van der Waals surface area contributed by atoms with Gasteiger partial charge >= 0.3 is 6.09 Å². The van der Waals surface area contributed by atoms with Crippen LogP contribution in [0.1, 0.15) is 32.8 Å². The highest BCUT2D eigenvalue weighted by Crippen LogP contribution is 2.39. The molecule has 30 heavy (non-hydrogen) atoms. The van der Waals surface area contributed by atoms with Crippen LogP contribution in [0.25, 0.3) is 0 Å². The number of methoxy groups -OCH3 is 3. The van der Waals surface area contributed by atoms with Gasteiger partial charge in [-0.05, 0) is 39.3 Å². The van der Waals surface area contributed by atoms with E-state index in [0.29, 0.717) is 42.8 Å². The first-order valence-electron chi connectivity index (χ1n) is 9.45. The summed E-state index contributed by atoms with van der Waals surface area (Å²) in [6.07, 6.45) is 0.306. The minimum atomic E-state index is -0.501. The highest BCUT2D eigenvalue weighted by molar-refractivity contribution is 14.0. The summed E-state index contributed by atoms with van der Waals surface area (Å²) in [4.78, 5) is 15.8. The number of aliphatic imine (C=N–C) groups is 1. The first-order chi connectivity index (χ1) is 13.8. The van der Waals surface area contributed by atoms with Crippen molar-refractivity contribution >= 4 is 36.0 Å². The van der Waals surface area contributed by atoms with Crippen LogP contribution in [0.3, 0.4) is 0 Å². The van der Waals surface area contributed by atoms with Crippen molar-refractivity contribution in [2.45, 2.75) is 39.3 Å². The number of carbonyl (C=O) groups excluding carboxylic acids is 1. The van der Waals surface area contributed by atoms with E-state index in [0.717, 1.165) is 12.0 Å². The Morgan fingerprint density at radius 2 is 1.60 bits per heavy atom. The van der Waals surface area contributed by atoms with Gasteiger partial charge in [-0.1, -0.05) is 0 Å². The zero-order valence-corrected chi connectivity index (χ0v) is 21.2. The second kappa shape index (κ2) is 14.0. The maximum Gasteiger partial charge on any atom is 0.407 e. The van der Waals surface area contributed by atoms with E-state index in [1.165, 1.54) is 0 Å². The Balaban J connectivity index is 0.00000841. The zero-order valence-electron chi connectivity index (χ0n) is 18.9. The lowest BCUT2D eigenvalue weighted by atomic mass is 10.1. The average Bonchev–Trinajstić information content (AvgIpc) is 2.67. The molecule has 0 radical (unpaired) electrons. The molecule has 0 aromatic heterocycles. The van der Waals surface area contributed by atoms with Gasteiger partial charge in [0.25, 0.3) is 0 Å². The lowest BCUT2D eigenvalue weighted by Gasteiger charge is -2.19. The number of hydrogen-bond acceptors (Lipinski definition) is 6. The number of hydrogen-bond donors (Lipinski definition) is 3. The van der Waals surface area contributed by atoms with Crippen molar-refractivity contribution in [1.82, 2.24) is 16.0 Å². The molecule has 0 atom stereocenters. The van der Waals surface area contributed by atoms with Gasteiger partial charge in [0.05, 0.1) is 21.3 Å². The van der Waals surface area contributed by atoms with Crippen molar-refractivity contribution in [3.05, 3.63) is 17.7 Å². The monoisotopic (exact) mass is 538 g/mol. The third-order valence-electron chi connectivity index (χ3n) is 3.77. The number of carbonyl (C=O) groups is 1. The number of benzene rings is 1. The molecule has 0 aliphatic carbocycles. The van der Waals surface area contributed by atoms with Crippen molar-refractivity contribution in [2.24, 2.45) is 4.99 Å². The molecular formula is C20H35IN4O5. The lowest BCUT2D eigenvalue weighted by molar-refractivity contribution is 0.0527. The Bertz CT molecular complexity index is 693. The molecule has 1 aromatic rings. The smallest absolute Gasteiger partial charge is 0.407 e. The Morgan fingerprint density at radius 3 is 2.13 bits per heavy atom. The molecule has 1 amide bonds. The van der Waals surface area contributed by atoms with Crippen LogP contribution in [0.5, 0.6) is 17.2 Å². The molecule has 0 spiro atoms. The van der Waals surface area contributed by atoms with Crippen LogP contribution in [0.2, 0.25) is 0 Å². The molecule has 0 heterocycles. The predicted octanol–water partition coefficient (Wildman–Crippen LogP) is 2.91. The van der Waals surface area contributed by atoms with Crippen LogP contribution in [-0.2, 0) is 11.3 Å². The van der Waals surface area contributed by atoms with E-state index in [4.69, 9.17) is 18.9 Å². The van der Waals surface area contributed by atoms with Gasteiger partial charge < -0.3 is 34.9 Å². The minimum Gasteiger partial charge on any atom is -0.493 e. The van der Waals surface area contributed by atoms with E-state index >= 15 is 0 Å². The van der Waals surface area contributed by atoms with Crippen LogP contribution >= 0.6 is 24.0 Å². The normalized spacial score (nSPS) is 11.1. The van der Waals surface area contributed by atoms with Crippen molar-refractivity contribution < 1.29 is 23.7 Å². The number of amides is 1. The summed E-state index contributed by atoms with van der Waals surface area (Å²) in [6, 6.07) is 3.74. The van der Waals surface area contributed by atoms with Crippen molar-refractivity contribution in [2.75, 3.05) is 41.5 Å². The summed E-state index contributed by atoms with van der Waals surface area (Å²) < 4.78 is 21.4. The number of guanidine groups is 1. The van der Waals surface area contributed by atoms with Gasteiger partial charge in [-0.25, -0.2) is 4.79 Å². The molecule has 1 rings (SSSR count). The lowest BCUT2D eigenvalue weighted by Crippen LogP contribution is -2.39. The van der Waals surface area contributed by atoms with E-state index in [9.17, 15) is 4.79 Å². The van der Waals surface area contributed by atoms with Gasteiger partial charge in [-0.3, -0.25) is 4.99 Å². The van der Waals surface area contributed by atoms with Gasteiger partial charge in [-0.2, -0.15) is 0 Å². The number of nitrogens with zero attached hydrogens (tertiary/aromatic N) is 1. The number of alkyl carbamates (subject to hydrolysis) is 1. The third-order valence-corrected chi connectivity index (χ3v) is 3.77. The Morgan fingerprint density at radius 1 is 0.967 bits per heavy atom. The van der Waals surface area contributed by atoms with Gasteiger partial charge in [0.2, 0.25) is 5.75 Å². The van der Waals surface area contributed by atoms with E-state index in [2.05, 4.69) is 20.9 Å². The minimum absolute atomic E-state index is 0.